The number of hydrogen-bond donors (Lipinski definition) is 2. The summed E-state index contributed by atoms with van der Waals surface area (Å²) in [7, 11) is 0. The molecule has 3 aromatic heterocycles. The molecule has 6 rings (SSSR count). The maximum absolute atomic E-state index is 12.8. The molecular formula is C24H27N5O2S. The maximum Gasteiger partial charge on any atom is 0.261 e. The molecule has 7 nitrogen and oxygen atoms in total. The largest absolute Gasteiger partial charge is 0.394 e. The number of hydrogen-bond acceptors (Lipinski definition) is 6. The van der Waals surface area contributed by atoms with Crippen LogP contribution in [0.5, 0.6) is 0 Å². The van der Waals surface area contributed by atoms with Crippen LogP contribution in [0.2, 0.25) is 0 Å². The SMILES string of the molecule is O=c1[nH]cnc2c(-c3ccc4c(c3)ncn4C3CCCCC3)sc(N3CCC[C@H]3CO)c12. The molecule has 2 aliphatic rings. The average Bonchev–Trinajstić information content (AvgIpc) is 3.55. The second kappa shape index (κ2) is 8.01. The molecule has 1 aliphatic heterocycles. The van der Waals surface area contributed by atoms with Gasteiger partial charge in [-0.1, -0.05) is 25.3 Å². The normalized spacial score (nSPS) is 20.0. The summed E-state index contributed by atoms with van der Waals surface area (Å²) in [4.78, 5) is 28.0. The third kappa shape index (κ3) is 3.16. The molecule has 1 aromatic carbocycles. The molecule has 2 N–H and O–H groups in total. The standard InChI is InChI=1S/C24H27N5O2S/c30-12-17-7-4-10-28(17)24-20-21(25-13-26-23(20)31)22(32-24)15-8-9-19-18(11-15)27-14-29(19)16-5-2-1-3-6-16/h8-9,11,13-14,16-17,30H,1-7,10,12H2,(H,25,26,31)/t17-/m0/s1. The number of aliphatic hydroxyl groups is 1. The summed E-state index contributed by atoms with van der Waals surface area (Å²) in [5.74, 6) is 0. The number of anilines is 1. The molecule has 0 unspecified atom stereocenters. The Morgan fingerprint density at radius 3 is 2.84 bits per heavy atom. The van der Waals surface area contributed by atoms with Gasteiger partial charge in [0.1, 0.15) is 10.4 Å². The van der Waals surface area contributed by atoms with Gasteiger partial charge in [0.15, 0.2) is 0 Å². The number of benzene rings is 1. The van der Waals surface area contributed by atoms with E-state index in [0.29, 0.717) is 11.4 Å². The van der Waals surface area contributed by atoms with Gasteiger partial charge in [0, 0.05) is 12.6 Å². The zero-order valence-corrected chi connectivity index (χ0v) is 18.8. The van der Waals surface area contributed by atoms with Crippen molar-refractivity contribution < 1.29 is 5.11 Å². The quantitative estimate of drug-likeness (QED) is 0.480. The molecule has 2 fully saturated rings. The Balaban J connectivity index is 1.47. The topological polar surface area (TPSA) is 87.0 Å². The highest BCUT2D eigenvalue weighted by Crippen LogP contribution is 2.44. The van der Waals surface area contributed by atoms with E-state index in [1.54, 1.807) is 11.3 Å². The lowest BCUT2D eigenvalue weighted by Gasteiger charge is -2.23. The van der Waals surface area contributed by atoms with Crippen molar-refractivity contribution >= 4 is 38.3 Å². The van der Waals surface area contributed by atoms with Crippen LogP contribution in [-0.2, 0) is 0 Å². The Morgan fingerprint density at radius 1 is 1.12 bits per heavy atom. The lowest BCUT2D eigenvalue weighted by molar-refractivity contribution is 0.267. The van der Waals surface area contributed by atoms with E-state index in [9.17, 15) is 9.90 Å². The number of nitrogens with zero attached hydrogens (tertiary/aromatic N) is 4. The van der Waals surface area contributed by atoms with E-state index in [0.717, 1.165) is 45.9 Å². The molecule has 4 aromatic rings. The fourth-order valence-electron chi connectivity index (χ4n) is 5.48. The van der Waals surface area contributed by atoms with Gasteiger partial charge in [-0.15, -0.1) is 11.3 Å². The second-order valence-corrected chi connectivity index (χ2v) is 10.0. The third-order valence-corrected chi connectivity index (χ3v) is 8.40. The van der Waals surface area contributed by atoms with E-state index in [2.05, 4.69) is 37.6 Å². The van der Waals surface area contributed by atoms with Crippen molar-refractivity contribution in [3.63, 3.8) is 0 Å². The summed E-state index contributed by atoms with van der Waals surface area (Å²) in [6.45, 7) is 0.941. The van der Waals surface area contributed by atoms with Gasteiger partial charge < -0.3 is 19.6 Å². The highest BCUT2D eigenvalue weighted by Gasteiger charge is 2.29. The van der Waals surface area contributed by atoms with Gasteiger partial charge in [0.2, 0.25) is 0 Å². The van der Waals surface area contributed by atoms with Crippen LogP contribution in [-0.4, -0.2) is 43.8 Å². The highest BCUT2D eigenvalue weighted by molar-refractivity contribution is 7.21. The summed E-state index contributed by atoms with van der Waals surface area (Å²) >= 11 is 1.60. The Kier molecular flexibility index (Phi) is 4.99. The molecular weight excluding hydrogens is 422 g/mol. The maximum atomic E-state index is 12.8. The van der Waals surface area contributed by atoms with Crippen LogP contribution in [0.15, 0.2) is 35.6 Å². The van der Waals surface area contributed by atoms with E-state index >= 15 is 0 Å². The zero-order valence-electron chi connectivity index (χ0n) is 18.0. The van der Waals surface area contributed by atoms with Gasteiger partial charge in [-0.25, -0.2) is 9.97 Å². The van der Waals surface area contributed by atoms with Crippen LogP contribution in [0.4, 0.5) is 5.00 Å². The number of fused-ring (bicyclic) bond motifs is 2. The highest BCUT2D eigenvalue weighted by atomic mass is 32.1. The van der Waals surface area contributed by atoms with Gasteiger partial charge in [-0.2, -0.15) is 0 Å². The number of rotatable bonds is 4. The summed E-state index contributed by atoms with van der Waals surface area (Å²) < 4.78 is 2.34. The van der Waals surface area contributed by atoms with Crippen LogP contribution in [0, 0.1) is 0 Å². The molecule has 8 heteroatoms. The van der Waals surface area contributed by atoms with Crippen LogP contribution in [0.3, 0.4) is 0 Å². The van der Waals surface area contributed by atoms with Crippen molar-refractivity contribution in [2.75, 3.05) is 18.1 Å². The van der Waals surface area contributed by atoms with E-state index in [4.69, 9.17) is 4.98 Å². The number of thiophene rings is 1. The Labute approximate surface area is 189 Å². The fraction of sp³-hybridized carbons (Fsp3) is 0.458. The number of imidazole rings is 1. The Morgan fingerprint density at radius 2 is 2.00 bits per heavy atom. The van der Waals surface area contributed by atoms with Gasteiger partial charge in [-0.05, 0) is 43.4 Å². The number of H-pyrrole nitrogens is 1. The van der Waals surface area contributed by atoms with E-state index < -0.39 is 0 Å². The van der Waals surface area contributed by atoms with Crippen LogP contribution in [0.25, 0.3) is 32.4 Å². The van der Waals surface area contributed by atoms with E-state index in [1.807, 2.05) is 6.33 Å². The monoisotopic (exact) mass is 449 g/mol. The number of aromatic nitrogens is 4. The summed E-state index contributed by atoms with van der Waals surface area (Å²) in [5.41, 5.74) is 3.79. The first-order valence-electron chi connectivity index (χ1n) is 11.6. The van der Waals surface area contributed by atoms with Gasteiger partial charge in [0.05, 0.1) is 46.7 Å². The molecule has 166 valence electrons. The summed E-state index contributed by atoms with van der Waals surface area (Å²) in [6, 6.07) is 7.02. The predicted octanol–water partition coefficient (Wildman–Crippen LogP) is 4.47. The van der Waals surface area contributed by atoms with Crippen molar-refractivity contribution in [1.29, 1.82) is 0 Å². The molecule has 0 radical (unpaired) electrons. The lowest BCUT2D eigenvalue weighted by atomic mass is 9.95. The van der Waals surface area contributed by atoms with Crippen molar-refractivity contribution in [3.05, 3.63) is 41.2 Å². The first-order valence-corrected chi connectivity index (χ1v) is 12.4. The van der Waals surface area contributed by atoms with Crippen LogP contribution >= 0.6 is 11.3 Å². The van der Waals surface area contributed by atoms with Crippen molar-refractivity contribution in [3.8, 4) is 10.4 Å². The first-order chi connectivity index (χ1) is 15.7. The first kappa shape index (κ1) is 19.9. The van der Waals surface area contributed by atoms with E-state index in [-0.39, 0.29) is 18.2 Å². The molecule has 0 bridgehead atoms. The minimum atomic E-state index is -0.126. The van der Waals surface area contributed by atoms with Crippen molar-refractivity contribution in [1.82, 2.24) is 19.5 Å². The van der Waals surface area contributed by atoms with Crippen molar-refractivity contribution in [2.24, 2.45) is 0 Å². The second-order valence-electron chi connectivity index (χ2n) is 9.01. The zero-order chi connectivity index (χ0) is 21.7. The van der Waals surface area contributed by atoms with Crippen molar-refractivity contribution in [2.45, 2.75) is 57.0 Å². The summed E-state index contributed by atoms with van der Waals surface area (Å²) in [6.07, 6.45) is 11.8. The number of aromatic amines is 1. The number of aliphatic hydroxyl groups excluding tert-OH is 1. The predicted molar refractivity (Wildman–Crippen MR) is 129 cm³/mol. The minimum Gasteiger partial charge on any atom is -0.394 e. The fourth-order valence-corrected chi connectivity index (χ4v) is 6.82. The third-order valence-electron chi connectivity index (χ3n) is 7.13. The van der Waals surface area contributed by atoms with Gasteiger partial charge >= 0.3 is 0 Å². The van der Waals surface area contributed by atoms with E-state index in [1.165, 1.54) is 43.9 Å². The Bertz CT molecular complexity index is 1330. The average molecular weight is 450 g/mol. The Hall–Kier alpha value is -2.71. The molecule has 1 saturated heterocycles. The number of nitrogens with one attached hydrogen (secondary N) is 1. The minimum absolute atomic E-state index is 0.0537. The molecule has 4 heterocycles. The summed E-state index contributed by atoms with van der Waals surface area (Å²) in [5, 5.41) is 11.4. The molecule has 1 aliphatic carbocycles. The molecule has 32 heavy (non-hydrogen) atoms. The molecule has 1 saturated carbocycles. The molecule has 0 spiro atoms. The smallest absolute Gasteiger partial charge is 0.261 e. The molecule has 1 atom stereocenters. The van der Waals surface area contributed by atoms with Crippen LogP contribution < -0.4 is 10.5 Å². The van der Waals surface area contributed by atoms with Gasteiger partial charge in [-0.3, -0.25) is 4.79 Å². The van der Waals surface area contributed by atoms with Crippen LogP contribution in [0.1, 0.15) is 51.0 Å². The lowest BCUT2D eigenvalue weighted by Crippen LogP contribution is -2.32. The molecule has 0 amide bonds. The van der Waals surface area contributed by atoms with Gasteiger partial charge in [0.25, 0.3) is 5.56 Å².